The maximum absolute atomic E-state index is 12.3. The molecule has 1 fully saturated rings. The fourth-order valence-electron chi connectivity index (χ4n) is 2.78. The predicted octanol–water partition coefficient (Wildman–Crippen LogP) is 3.26. The van der Waals surface area contributed by atoms with Crippen LogP contribution >= 0.6 is 0 Å². The highest BCUT2D eigenvalue weighted by Crippen LogP contribution is 2.31. The highest BCUT2D eigenvalue weighted by Gasteiger charge is 2.37. The van der Waals surface area contributed by atoms with Gasteiger partial charge in [0.2, 0.25) is 5.91 Å². The molecule has 3 unspecified atom stereocenters. The average Bonchev–Trinajstić information content (AvgIpc) is 2.37. The molecular formula is C15H26N2O. The molecule has 0 aliphatic heterocycles. The van der Waals surface area contributed by atoms with Gasteiger partial charge in [0, 0.05) is 6.04 Å². The van der Waals surface area contributed by atoms with Gasteiger partial charge < -0.3 is 5.32 Å². The van der Waals surface area contributed by atoms with Crippen molar-refractivity contribution in [3.63, 3.8) is 0 Å². The summed E-state index contributed by atoms with van der Waals surface area (Å²) in [5.41, 5.74) is -0.827. The fourth-order valence-corrected chi connectivity index (χ4v) is 2.78. The number of carbonyl (C=O) groups is 1. The van der Waals surface area contributed by atoms with Gasteiger partial charge in [-0.1, -0.05) is 27.7 Å². The first kappa shape index (κ1) is 15.0. The maximum atomic E-state index is 12.3. The Hall–Kier alpha value is -1.04. The number of amides is 1. The van der Waals surface area contributed by atoms with Crippen molar-refractivity contribution < 1.29 is 4.79 Å². The van der Waals surface area contributed by atoms with Gasteiger partial charge in [-0.3, -0.25) is 4.79 Å². The number of hydrogen-bond donors (Lipinski definition) is 1. The lowest BCUT2D eigenvalue weighted by atomic mass is 9.78. The SMILES string of the molecule is CCC(C#N)(CC)C(=O)NC1CCC(C)C(C)C1. The van der Waals surface area contributed by atoms with Crippen molar-refractivity contribution in [1.29, 1.82) is 5.26 Å². The maximum Gasteiger partial charge on any atom is 0.240 e. The summed E-state index contributed by atoms with van der Waals surface area (Å²) >= 11 is 0. The standard InChI is InChI=1S/C15H26N2O/c1-5-15(6-2,10-16)14(18)17-13-8-7-11(3)12(4)9-13/h11-13H,5-9H2,1-4H3,(H,17,18). The minimum atomic E-state index is -0.827. The normalized spacial score (nSPS) is 28.5. The largest absolute Gasteiger partial charge is 0.352 e. The minimum absolute atomic E-state index is 0.0678. The van der Waals surface area contributed by atoms with Crippen LogP contribution < -0.4 is 5.32 Å². The zero-order chi connectivity index (χ0) is 13.8. The number of nitrogens with zero attached hydrogens (tertiary/aromatic N) is 1. The molecule has 1 saturated carbocycles. The molecule has 0 aromatic rings. The third-order valence-corrected chi connectivity index (χ3v) is 4.79. The van der Waals surface area contributed by atoms with Crippen LogP contribution in [0.1, 0.15) is 59.8 Å². The van der Waals surface area contributed by atoms with E-state index >= 15 is 0 Å². The fraction of sp³-hybridized carbons (Fsp3) is 0.867. The molecule has 1 N–H and O–H groups in total. The third-order valence-electron chi connectivity index (χ3n) is 4.79. The van der Waals surface area contributed by atoms with Crippen LogP contribution in [0.25, 0.3) is 0 Å². The number of rotatable bonds is 4. The van der Waals surface area contributed by atoms with E-state index in [2.05, 4.69) is 25.2 Å². The molecule has 0 aromatic carbocycles. The van der Waals surface area contributed by atoms with Crippen LogP contribution in [-0.4, -0.2) is 11.9 Å². The predicted molar refractivity (Wildman–Crippen MR) is 72.7 cm³/mol. The van der Waals surface area contributed by atoms with E-state index in [0.29, 0.717) is 18.8 Å². The molecule has 102 valence electrons. The molecule has 1 rings (SSSR count). The van der Waals surface area contributed by atoms with Crippen molar-refractivity contribution in [2.24, 2.45) is 17.3 Å². The van der Waals surface area contributed by atoms with Crippen molar-refractivity contribution in [1.82, 2.24) is 5.32 Å². The molecule has 1 aliphatic rings. The Morgan fingerprint density at radius 2 is 1.89 bits per heavy atom. The Labute approximate surface area is 111 Å². The topological polar surface area (TPSA) is 52.9 Å². The Kier molecular flexibility index (Phi) is 5.19. The third kappa shape index (κ3) is 3.04. The Balaban J connectivity index is 2.62. The van der Waals surface area contributed by atoms with Crippen molar-refractivity contribution in [3.05, 3.63) is 0 Å². The van der Waals surface area contributed by atoms with Gasteiger partial charge in [0.1, 0.15) is 5.41 Å². The summed E-state index contributed by atoms with van der Waals surface area (Å²) in [6.45, 7) is 8.36. The van der Waals surface area contributed by atoms with E-state index in [1.54, 1.807) is 0 Å². The van der Waals surface area contributed by atoms with Crippen LogP contribution in [-0.2, 0) is 4.79 Å². The van der Waals surface area contributed by atoms with Gasteiger partial charge in [0.05, 0.1) is 6.07 Å². The number of nitriles is 1. The van der Waals surface area contributed by atoms with Gasteiger partial charge in [-0.05, 0) is 43.9 Å². The van der Waals surface area contributed by atoms with Crippen LogP contribution in [0.15, 0.2) is 0 Å². The molecule has 1 aliphatic carbocycles. The Bertz CT molecular complexity index is 328. The van der Waals surface area contributed by atoms with Gasteiger partial charge in [-0.2, -0.15) is 5.26 Å². The quantitative estimate of drug-likeness (QED) is 0.832. The molecule has 0 saturated heterocycles. The lowest BCUT2D eigenvalue weighted by Gasteiger charge is -2.34. The molecule has 3 atom stereocenters. The summed E-state index contributed by atoms with van der Waals surface area (Å²) < 4.78 is 0. The molecule has 18 heavy (non-hydrogen) atoms. The Morgan fingerprint density at radius 1 is 1.28 bits per heavy atom. The first-order chi connectivity index (χ1) is 8.49. The van der Waals surface area contributed by atoms with Crippen LogP contribution in [0.5, 0.6) is 0 Å². The summed E-state index contributed by atoms with van der Waals surface area (Å²) in [4.78, 5) is 12.3. The molecule has 3 nitrogen and oxygen atoms in total. The first-order valence-corrected chi connectivity index (χ1v) is 7.21. The molecule has 3 heteroatoms. The van der Waals surface area contributed by atoms with Gasteiger partial charge in [-0.25, -0.2) is 0 Å². The van der Waals surface area contributed by atoms with Crippen molar-refractivity contribution in [2.45, 2.75) is 65.8 Å². The van der Waals surface area contributed by atoms with E-state index in [0.717, 1.165) is 18.8 Å². The van der Waals surface area contributed by atoms with Crippen LogP contribution in [0.2, 0.25) is 0 Å². The molecule has 1 amide bonds. The van der Waals surface area contributed by atoms with Crippen LogP contribution in [0.4, 0.5) is 0 Å². The Morgan fingerprint density at radius 3 is 2.33 bits per heavy atom. The summed E-state index contributed by atoms with van der Waals surface area (Å²) in [5.74, 6) is 1.33. The highest BCUT2D eigenvalue weighted by atomic mass is 16.2. The van der Waals surface area contributed by atoms with Gasteiger partial charge >= 0.3 is 0 Å². The molecule has 0 aromatic heterocycles. The second-order valence-electron chi connectivity index (χ2n) is 5.84. The lowest BCUT2D eigenvalue weighted by Crippen LogP contribution is -2.46. The molecule has 0 heterocycles. The highest BCUT2D eigenvalue weighted by molar-refractivity contribution is 5.85. The smallest absolute Gasteiger partial charge is 0.240 e. The second kappa shape index (κ2) is 6.22. The van der Waals surface area contributed by atoms with Gasteiger partial charge in [0.15, 0.2) is 0 Å². The van der Waals surface area contributed by atoms with Crippen molar-refractivity contribution >= 4 is 5.91 Å². The lowest BCUT2D eigenvalue weighted by molar-refractivity contribution is -0.129. The summed E-state index contributed by atoms with van der Waals surface area (Å²) in [6, 6.07) is 2.47. The molecular weight excluding hydrogens is 224 g/mol. The van der Waals surface area contributed by atoms with E-state index in [1.807, 2.05) is 13.8 Å². The second-order valence-corrected chi connectivity index (χ2v) is 5.84. The van der Waals surface area contributed by atoms with Crippen molar-refractivity contribution in [3.8, 4) is 6.07 Å². The summed E-state index contributed by atoms with van der Waals surface area (Å²) in [6.07, 6.45) is 4.44. The summed E-state index contributed by atoms with van der Waals surface area (Å²) in [7, 11) is 0. The number of hydrogen-bond acceptors (Lipinski definition) is 2. The van der Waals surface area contributed by atoms with E-state index in [1.165, 1.54) is 6.42 Å². The monoisotopic (exact) mass is 250 g/mol. The zero-order valence-electron chi connectivity index (χ0n) is 12.1. The molecule has 0 spiro atoms. The van der Waals surface area contributed by atoms with Crippen LogP contribution in [0.3, 0.4) is 0 Å². The van der Waals surface area contributed by atoms with E-state index in [-0.39, 0.29) is 11.9 Å². The summed E-state index contributed by atoms with van der Waals surface area (Å²) in [5, 5.41) is 12.4. The van der Waals surface area contributed by atoms with E-state index < -0.39 is 5.41 Å². The van der Waals surface area contributed by atoms with Gasteiger partial charge in [0.25, 0.3) is 0 Å². The van der Waals surface area contributed by atoms with Crippen LogP contribution in [0, 0.1) is 28.6 Å². The molecule has 0 bridgehead atoms. The molecule has 0 radical (unpaired) electrons. The van der Waals surface area contributed by atoms with Gasteiger partial charge in [-0.15, -0.1) is 0 Å². The average molecular weight is 250 g/mol. The first-order valence-electron chi connectivity index (χ1n) is 7.21. The minimum Gasteiger partial charge on any atom is -0.352 e. The number of nitrogens with one attached hydrogen (secondary N) is 1. The van der Waals surface area contributed by atoms with Crippen molar-refractivity contribution in [2.75, 3.05) is 0 Å². The van der Waals surface area contributed by atoms with E-state index in [4.69, 9.17) is 0 Å². The zero-order valence-corrected chi connectivity index (χ0v) is 12.1. The van der Waals surface area contributed by atoms with E-state index in [9.17, 15) is 10.1 Å². The number of carbonyl (C=O) groups excluding carboxylic acids is 1.